The maximum absolute atomic E-state index is 13.8. The van der Waals surface area contributed by atoms with Crippen LogP contribution in [0.1, 0.15) is 96.4 Å². The van der Waals surface area contributed by atoms with Crippen molar-refractivity contribution in [3.63, 3.8) is 0 Å². The van der Waals surface area contributed by atoms with Crippen LogP contribution in [0.4, 0.5) is 4.79 Å². The Hall–Kier alpha value is -3.51. The second kappa shape index (κ2) is 16.7. The summed E-state index contributed by atoms with van der Waals surface area (Å²) in [7, 11) is 0. The maximum atomic E-state index is 13.8. The molecule has 11 nitrogen and oxygen atoms in total. The van der Waals surface area contributed by atoms with E-state index in [0.717, 1.165) is 53.8 Å². The number of aromatic nitrogens is 1. The van der Waals surface area contributed by atoms with E-state index < -0.39 is 29.7 Å². The third-order valence-corrected chi connectivity index (χ3v) is 9.14. The zero-order chi connectivity index (χ0) is 33.1. The second-order valence-corrected chi connectivity index (χ2v) is 13.8. The number of unbranched alkanes of at least 4 members (excludes halogenated alkanes) is 5. The minimum atomic E-state index is -1.01. The number of benzene rings is 1. The van der Waals surface area contributed by atoms with Crippen molar-refractivity contribution >= 4 is 35.2 Å². The van der Waals surface area contributed by atoms with Crippen molar-refractivity contribution in [3.8, 4) is 10.4 Å². The maximum Gasteiger partial charge on any atom is 0.404 e. The lowest BCUT2D eigenvalue weighted by Gasteiger charge is -2.35. The minimum absolute atomic E-state index is 0.0264. The normalized spacial score (nSPS) is 17.9. The molecule has 4 amide bonds. The second-order valence-electron chi connectivity index (χ2n) is 13.0. The molecule has 45 heavy (non-hydrogen) atoms. The number of carbonyl (C=O) groups is 4. The van der Waals surface area contributed by atoms with Crippen molar-refractivity contribution in [1.82, 2.24) is 25.8 Å². The number of thiazole rings is 1. The lowest BCUT2D eigenvalue weighted by atomic mass is 9.85. The van der Waals surface area contributed by atoms with Crippen LogP contribution in [0.2, 0.25) is 0 Å². The quantitative estimate of drug-likeness (QED) is 0.175. The predicted molar refractivity (Wildman–Crippen MR) is 175 cm³/mol. The molecule has 12 heteroatoms. The number of hydrogen-bond donors (Lipinski definition) is 5. The summed E-state index contributed by atoms with van der Waals surface area (Å²) in [5.41, 5.74) is 4.15. The van der Waals surface area contributed by atoms with Gasteiger partial charge in [0.1, 0.15) is 12.1 Å². The number of nitrogens with zero attached hydrogens (tertiary/aromatic N) is 2. The first kappa shape index (κ1) is 36.0. The van der Waals surface area contributed by atoms with Crippen LogP contribution >= 0.6 is 11.3 Å². The van der Waals surface area contributed by atoms with Gasteiger partial charge in [-0.2, -0.15) is 0 Å². The Balaban J connectivity index is 1.54. The summed E-state index contributed by atoms with van der Waals surface area (Å²) in [4.78, 5) is 57.5. The van der Waals surface area contributed by atoms with Gasteiger partial charge >= 0.3 is 6.09 Å². The van der Waals surface area contributed by atoms with Crippen molar-refractivity contribution in [2.45, 2.75) is 110 Å². The molecule has 1 aromatic carbocycles. The van der Waals surface area contributed by atoms with Crippen LogP contribution in [0.3, 0.4) is 0 Å². The van der Waals surface area contributed by atoms with Gasteiger partial charge in [0.25, 0.3) is 0 Å². The first-order chi connectivity index (χ1) is 21.3. The number of aliphatic hydroxyl groups excluding tert-OH is 1. The lowest BCUT2D eigenvalue weighted by Crippen LogP contribution is -2.57. The summed E-state index contributed by atoms with van der Waals surface area (Å²) in [5.74, 6) is -0.938. The number of β-amino-alcohol motifs (C(OH)–C–C–N with tert-alkyl or cyclic N) is 1. The van der Waals surface area contributed by atoms with E-state index in [9.17, 15) is 24.3 Å². The number of carboxylic acid groups (broad SMARTS) is 1. The number of carbonyl (C=O) groups excluding carboxylic acids is 3. The van der Waals surface area contributed by atoms with Gasteiger partial charge in [-0.05, 0) is 43.2 Å². The van der Waals surface area contributed by atoms with Gasteiger partial charge in [-0.1, -0.05) is 70.7 Å². The van der Waals surface area contributed by atoms with Gasteiger partial charge in [0.15, 0.2) is 0 Å². The van der Waals surface area contributed by atoms with E-state index in [1.165, 1.54) is 4.90 Å². The number of likely N-dealkylation sites (tertiary alicyclic amines) is 1. The van der Waals surface area contributed by atoms with Crippen LogP contribution < -0.4 is 16.0 Å². The Labute approximate surface area is 270 Å². The summed E-state index contributed by atoms with van der Waals surface area (Å²) < 4.78 is 0. The first-order valence-electron chi connectivity index (χ1n) is 15.8. The zero-order valence-corrected chi connectivity index (χ0v) is 27.9. The molecule has 1 aliphatic rings. The summed E-state index contributed by atoms with van der Waals surface area (Å²) in [5, 5.41) is 27.4. The van der Waals surface area contributed by atoms with Crippen LogP contribution in [0.15, 0.2) is 29.8 Å². The number of amides is 4. The average Bonchev–Trinajstić information content (AvgIpc) is 3.59. The molecule has 1 aliphatic heterocycles. The molecule has 248 valence electrons. The molecule has 2 aromatic rings. The molecule has 0 saturated carbocycles. The fraction of sp³-hybridized carbons (Fsp3) is 0.606. The van der Waals surface area contributed by atoms with Crippen LogP contribution in [-0.2, 0) is 14.4 Å². The van der Waals surface area contributed by atoms with E-state index in [1.54, 1.807) is 11.3 Å². The van der Waals surface area contributed by atoms with Crippen LogP contribution in [-0.4, -0.2) is 75.2 Å². The van der Waals surface area contributed by atoms with Gasteiger partial charge in [-0.25, -0.2) is 9.78 Å². The predicted octanol–water partition coefficient (Wildman–Crippen LogP) is 4.79. The Morgan fingerprint density at radius 2 is 1.67 bits per heavy atom. The van der Waals surface area contributed by atoms with Gasteiger partial charge in [0.2, 0.25) is 17.7 Å². The molecule has 0 aliphatic carbocycles. The van der Waals surface area contributed by atoms with Gasteiger partial charge in [0, 0.05) is 25.9 Å². The summed E-state index contributed by atoms with van der Waals surface area (Å²) >= 11 is 1.58. The number of aliphatic hydroxyl groups is 1. The van der Waals surface area contributed by atoms with Gasteiger partial charge in [-0.15, -0.1) is 11.3 Å². The van der Waals surface area contributed by atoms with E-state index in [4.69, 9.17) is 5.11 Å². The molecule has 0 radical (unpaired) electrons. The van der Waals surface area contributed by atoms with Crippen LogP contribution in [0.25, 0.3) is 10.4 Å². The molecule has 1 fully saturated rings. The molecule has 3 rings (SSSR count). The highest BCUT2D eigenvalue weighted by Crippen LogP contribution is 2.29. The number of rotatable bonds is 15. The van der Waals surface area contributed by atoms with Gasteiger partial charge < -0.3 is 31.1 Å². The zero-order valence-electron chi connectivity index (χ0n) is 27.1. The summed E-state index contributed by atoms with van der Waals surface area (Å²) in [6.45, 7) is 9.94. The third kappa shape index (κ3) is 10.8. The van der Waals surface area contributed by atoms with Crippen LogP contribution in [0, 0.1) is 12.3 Å². The van der Waals surface area contributed by atoms with E-state index in [0.29, 0.717) is 13.0 Å². The molecular weight excluding hydrogens is 594 g/mol. The fourth-order valence-corrected chi connectivity index (χ4v) is 6.37. The number of hydrogen-bond acceptors (Lipinski definition) is 7. The number of nitrogens with one attached hydrogen (secondary N) is 3. The van der Waals surface area contributed by atoms with Crippen molar-refractivity contribution in [2.75, 3.05) is 13.1 Å². The molecule has 1 aromatic heterocycles. The minimum Gasteiger partial charge on any atom is -0.465 e. The fourth-order valence-electron chi connectivity index (χ4n) is 5.56. The van der Waals surface area contributed by atoms with Gasteiger partial charge in [-0.3, -0.25) is 14.4 Å². The van der Waals surface area contributed by atoms with E-state index in [-0.39, 0.29) is 43.1 Å². The van der Waals surface area contributed by atoms with Crippen molar-refractivity contribution in [3.05, 3.63) is 41.0 Å². The molecule has 1 saturated heterocycles. The standard InChI is InChI=1S/C33H49N5O6S/c1-21(23-13-15-24(16-14-23)28-22(2)35-20-45-28)36-30(41)26-18-25(39)19-38(26)31(42)29(33(3,4)5)37-27(40)12-10-8-6-7-9-11-17-34-32(43)44/h13-16,20-21,25-26,29,34,39H,6-12,17-19H2,1-5H3,(H,36,41)(H,37,40)(H,43,44)/t21-,25+,26-,29?/m0/s1. The smallest absolute Gasteiger partial charge is 0.404 e. The third-order valence-electron chi connectivity index (χ3n) is 8.17. The Bertz CT molecular complexity index is 1290. The molecule has 4 atom stereocenters. The molecular formula is C33H49N5O6S. The Morgan fingerprint density at radius 1 is 1.02 bits per heavy atom. The van der Waals surface area contributed by atoms with Crippen molar-refractivity contribution in [1.29, 1.82) is 0 Å². The largest absolute Gasteiger partial charge is 0.465 e. The molecule has 1 unspecified atom stereocenters. The molecule has 0 bridgehead atoms. The van der Waals surface area contributed by atoms with Crippen LogP contribution in [0.5, 0.6) is 0 Å². The highest BCUT2D eigenvalue weighted by atomic mass is 32.1. The van der Waals surface area contributed by atoms with Gasteiger partial charge in [0.05, 0.1) is 28.2 Å². The van der Waals surface area contributed by atoms with E-state index in [1.807, 2.05) is 64.4 Å². The Kier molecular flexibility index (Phi) is 13.3. The SMILES string of the molecule is Cc1ncsc1-c1ccc([C@H](C)NC(=O)[C@@H]2C[C@@H](O)CN2C(=O)C(NC(=O)CCCCCCCCNC(=O)O)C(C)(C)C)cc1. The monoisotopic (exact) mass is 643 g/mol. The highest BCUT2D eigenvalue weighted by Gasteiger charge is 2.44. The summed E-state index contributed by atoms with van der Waals surface area (Å²) in [6, 6.07) is 5.94. The van der Waals surface area contributed by atoms with Crippen molar-refractivity contribution < 1.29 is 29.4 Å². The van der Waals surface area contributed by atoms with Crippen molar-refractivity contribution in [2.24, 2.45) is 5.41 Å². The summed E-state index contributed by atoms with van der Waals surface area (Å²) in [6.07, 6.45) is 3.72. The topological polar surface area (TPSA) is 161 Å². The average molecular weight is 644 g/mol. The number of aryl methyl sites for hydroxylation is 1. The lowest BCUT2D eigenvalue weighted by molar-refractivity contribution is -0.144. The molecule has 5 N–H and O–H groups in total. The van der Waals surface area contributed by atoms with E-state index in [2.05, 4.69) is 20.9 Å². The Morgan fingerprint density at radius 3 is 2.27 bits per heavy atom. The van der Waals surface area contributed by atoms with E-state index >= 15 is 0 Å². The first-order valence-corrected chi connectivity index (χ1v) is 16.7. The molecule has 2 heterocycles. The highest BCUT2D eigenvalue weighted by molar-refractivity contribution is 7.13. The molecule has 0 spiro atoms.